The Bertz CT molecular complexity index is 585. The molecule has 2 aromatic rings. The van der Waals surface area contributed by atoms with Gasteiger partial charge in [-0.2, -0.15) is 0 Å². The highest BCUT2D eigenvalue weighted by Gasteiger charge is 2.17. The quantitative estimate of drug-likeness (QED) is 0.656. The van der Waals surface area contributed by atoms with Crippen molar-refractivity contribution in [3.8, 4) is 5.75 Å². The van der Waals surface area contributed by atoms with Crippen molar-refractivity contribution in [3.05, 3.63) is 63.9 Å². The zero-order valence-electron chi connectivity index (χ0n) is 12.6. The van der Waals surface area contributed by atoms with Crippen LogP contribution in [0.3, 0.4) is 0 Å². The molecule has 0 spiro atoms. The molecule has 0 saturated heterocycles. The fourth-order valence-corrected chi connectivity index (χ4v) is 2.58. The van der Waals surface area contributed by atoms with Gasteiger partial charge in [0.15, 0.2) is 0 Å². The Labute approximate surface area is 134 Å². The predicted molar refractivity (Wildman–Crippen MR) is 88.2 cm³/mol. The average molecular weight is 351 g/mol. The van der Waals surface area contributed by atoms with Gasteiger partial charge in [0, 0.05) is 4.47 Å². The van der Waals surface area contributed by atoms with Crippen LogP contribution in [-0.2, 0) is 12.0 Å². The Balaban J connectivity index is 2.04. The van der Waals surface area contributed by atoms with Gasteiger partial charge in [0.1, 0.15) is 18.2 Å². The highest BCUT2D eigenvalue weighted by molar-refractivity contribution is 9.10. The first kappa shape index (κ1) is 16.0. The van der Waals surface area contributed by atoms with Crippen LogP contribution in [0.4, 0.5) is 4.39 Å². The molecule has 0 saturated carbocycles. The van der Waals surface area contributed by atoms with Gasteiger partial charge in [-0.25, -0.2) is 4.39 Å². The van der Waals surface area contributed by atoms with Crippen LogP contribution in [0.1, 0.15) is 38.3 Å². The van der Waals surface area contributed by atoms with Crippen molar-refractivity contribution < 1.29 is 9.13 Å². The maximum Gasteiger partial charge on any atom is 0.124 e. The Kier molecular flexibility index (Phi) is 5.04. The van der Waals surface area contributed by atoms with E-state index < -0.39 is 0 Å². The number of ether oxygens (including phenoxy) is 1. The molecule has 0 aliphatic carbocycles. The van der Waals surface area contributed by atoms with Gasteiger partial charge in [0.25, 0.3) is 0 Å². The van der Waals surface area contributed by atoms with Gasteiger partial charge in [-0.3, -0.25) is 0 Å². The molecule has 0 unspecified atom stereocenters. The summed E-state index contributed by atoms with van der Waals surface area (Å²) in [5, 5.41) is 0. The molecular formula is C18H20BrFO. The lowest BCUT2D eigenvalue weighted by molar-refractivity contribution is 0.305. The molecule has 21 heavy (non-hydrogen) atoms. The molecule has 0 fully saturated rings. The highest BCUT2D eigenvalue weighted by atomic mass is 79.9. The Morgan fingerprint density at radius 3 is 2.33 bits per heavy atom. The normalized spacial score (nSPS) is 11.5. The average Bonchev–Trinajstić information content (AvgIpc) is 2.44. The Morgan fingerprint density at radius 1 is 1.10 bits per heavy atom. The molecule has 3 heteroatoms. The summed E-state index contributed by atoms with van der Waals surface area (Å²) in [6.07, 6.45) is 1.09. The summed E-state index contributed by atoms with van der Waals surface area (Å²) in [5.41, 5.74) is 2.28. The minimum absolute atomic E-state index is 0.173. The number of benzene rings is 2. The fourth-order valence-electron chi connectivity index (χ4n) is 2.07. The molecule has 0 heterocycles. The maximum atomic E-state index is 13.3. The Hall–Kier alpha value is -1.35. The first-order valence-electron chi connectivity index (χ1n) is 7.09. The van der Waals surface area contributed by atoms with Crippen molar-refractivity contribution in [2.45, 2.75) is 39.2 Å². The first-order valence-corrected chi connectivity index (χ1v) is 7.88. The predicted octanol–water partition coefficient (Wildman–Crippen LogP) is 5.85. The second kappa shape index (κ2) is 6.61. The van der Waals surface area contributed by atoms with Crippen molar-refractivity contribution in [2.75, 3.05) is 0 Å². The van der Waals surface area contributed by atoms with Crippen LogP contribution in [-0.4, -0.2) is 0 Å². The van der Waals surface area contributed by atoms with Gasteiger partial charge in [-0.05, 0) is 53.3 Å². The van der Waals surface area contributed by atoms with Crippen LogP contribution in [0.5, 0.6) is 5.75 Å². The molecule has 1 nitrogen and oxygen atoms in total. The molecule has 0 aliphatic rings. The van der Waals surface area contributed by atoms with Gasteiger partial charge >= 0.3 is 0 Å². The van der Waals surface area contributed by atoms with E-state index in [0.29, 0.717) is 6.61 Å². The zero-order chi connectivity index (χ0) is 15.5. The molecule has 0 atom stereocenters. The number of hydrogen-bond donors (Lipinski definition) is 0. The number of halogens is 2. The van der Waals surface area contributed by atoms with E-state index in [2.05, 4.69) is 48.8 Å². The summed E-state index contributed by atoms with van der Waals surface area (Å²) < 4.78 is 19.7. The van der Waals surface area contributed by atoms with E-state index in [-0.39, 0.29) is 11.2 Å². The van der Waals surface area contributed by atoms with Gasteiger partial charge < -0.3 is 4.74 Å². The standard InChI is InChI=1S/C18H20BrFO/c1-4-18(2,3)14-5-7-17(8-6-14)21-12-13-9-15(19)11-16(20)10-13/h5-11H,4,12H2,1-3H3. The van der Waals surface area contributed by atoms with Crippen molar-refractivity contribution in [1.82, 2.24) is 0 Å². The number of rotatable bonds is 5. The number of hydrogen-bond acceptors (Lipinski definition) is 1. The third kappa shape index (κ3) is 4.31. The van der Waals surface area contributed by atoms with Crippen LogP contribution >= 0.6 is 15.9 Å². The summed E-state index contributed by atoms with van der Waals surface area (Å²) in [5.74, 6) is 0.536. The lowest BCUT2D eigenvalue weighted by atomic mass is 9.82. The SMILES string of the molecule is CCC(C)(C)c1ccc(OCc2cc(F)cc(Br)c2)cc1. The summed E-state index contributed by atoms with van der Waals surface area (Å²) in [4.78, 5) is 0. The highest BCUT2D eigenvalue weighted by Crippen LogP contribution is 2.28. The topological polar surface area (TPSA) is 9.23 Å². The monoisotopic (exact) mass is 350 g/mol. The minimum atomic E-state index is -0.261. The third-order valence-electron chi connectivity index (χ3n) is 3.85. The van der Waals surface area contributed by atoms with Crippen LogP contribution in [0, 0.1) is 5.82 Å². The zero-order valence-corrected chi connectivity index (χ0v) is 14.2. The minimum Gasteiger partial charge on any atom is -0.489 e. The lowest BCUT2D eigenvalue weighted by Gasteiger charge is -2.23. The molecule has 2 aromatic carbocycles. The van der Waals surface area contributed by atoms with Crippen molar-refractivity contribution in [3.63, 3.8) is 0 Å². The van der Waals surface area contributed by atoms with E-state index >= 15 is 0 Å². The van der Waals surface area contributed by atoms with Crippen LogP contribution < -0.4 is 4.74 Å². The Morgan fingerprint density at radius 2 is 1.76 bits per heavy atom. The van der Waals surface area contributed by atoms with Gasteiger partial charge in [0.2, 0.25) is 0 Å². The van der Waals surface area contributed by atoms with E-state index in [9.17, 15) is 4.39 Å². The summed E-state index contributed by atoms with van der Waals surface area (Å²) in [6, 6.07) is 12.9. The summed E-state index contributed by atoms with van der Waals surface area (Å²) >= 11 is 3.28. The first-order chi connectivity index (χ1) is 9.90. The van der Waals surface area contributed by atoms with E-state index in [1.165, 1.54) is 17.7 Å². The van der Waals surface area contributed by atoms with Crippen LogP contribution in [0.25, 0.3) is 0 Å². The van der Waals surface area contributed by atoms with Gasteiger partial charge in [-0.15, -0.1) is 0 Å². The molecule has 0 N–H and O–H groups in total. The van der Waals surface area contributed by atoms with E-state index in [0.717, 1.165) is 22.2 Å². The van der Waals surface area contributed by atoms with Crippen molar-refractivity contribution >= 4 is 15.9 Å². The van der Waals surface area contributed by atoms with E-state index in [1.807, 2.05) is 18.2 Å². The molecule has 0 aromatic heterocycles. The molecule has 0 bridgehead atoms. The van der Waals surface area contributed by atoms with Crippen LogP contribution in [0.15, 0.2) is 46.9 Å². The molecule has 2 rings (SSSR count). The van der Waals surface area contributed by atoms with Crippen LogP contribution in [0.2, 0.25) is 0 Å². The van der Waals surface area contributed by atoms with Crippen molar-refractivity contribution in [2.24, 2.45) is 0 Å². The molecule has 112 valence electrons. The maximum absolute atomic E-state index is 13.3. The molecular weight excluding hydrogens is 331 g/mol. The van der Waals surface area contributed by atoms with Gasteiger partial charge in [-0.1, -0.05) is 48.8 Å². The smallest absolute Gasteiger partial charge is 0.124 e. The molecule has 0 amide bonds. The van der Waals surface area contributed by atoms with E-state index in [1.54, 1.807) is 0 Å². The molecule has 0 radical (unpaired) electrons. The third-order valence-corrected chi connectivity index (χ3v) is 4.31. The van der Waals surface area contributed by atoms with E-state index in [4.69, 9.17) is 4.74 Å². The fraction of sp³-hybridized carbons (Fsp3) is 0.333. The second-order valence-electron chi connectivity index (χ2n) is 5.83. The molecule has 0 aliphatic heterocycles. The van der Waals surface area contributed by atoms with Crippen molar-refractivity contribution in [1.29, 1.82) is 0 Å². The second-order valence-corrected chi connectivity index (χ2v) is 6.74. The lowest BCUT2D eigenvalue weighted by Crippen LogP contribution is -2.15. The summed E-state index contributed by atoms with van der Waals surface area (Å²) in [6.45, 7) is 7.00. The summed E-state index contributed by atoms with van der Waals surface area (Å²) in [7, 11) is 0. The largest absolute Gasteiger partial charge is 0.489 e. The van der Waals surface area contributed by atoms with Gasteiger partial charge in [0.05, 0.1) is 0 Å².